The van der Waals surface area contributed by atoms with Gasteiger partial charge < -0.3 is 9.42 Å². The Morgan fingerprint density at radius 3 is 2.11 bits per heavy atom. The Hall–Kier alpha value is -1.19. The zero-order valence-corrected chi connectivity index (χ0v) is 11.3. The van der Waals surface area contributed by atoms with E-state index < -0.39 is 6.72 Å². The zero-order chi connectivity index (χ0) is 12.8. The average molecular weight is 280 g/mol. The maximum Gasteiger partial charge on any atom is 0.378 e. The highest BCUT2D eigenvalue weighted by Gasteiger charge is 2.16. The third kappa shape index (κ3) is 4.24. The molecule has 94 valence electrons. The summed E-state index contributed by atoms with van der Waals surface area (Å²) in [6, 6.07) is 18.4. The molecule has 2 aromatic rings. The maximum absolute atomic E-state index is 9.91. The lowest BCUT2D eigenvalue weighted by Gasteiger charge is -2.16. The van der Waals surface area contributed by atoms with Crippen LogP contribution in [0.2, 0.25) is 0 Å². The van der Waals surface area contributed by atoms with E-state index in [4.69, 9.17) is 20.9 Å². The first-order valence-corrected chi connectivity index (χ1v) is 8.01. The smallest absolute Gasteiger partial charge is 0.378 e. The molecule has 1 atom stereocenters. The third-order valence-electron chi connectivity index (χ3n) is 2.20. The summed E-state index contributed by atoms with van der Waals surface area (Å²) in [7, 11) is 0. The minimum absolute atomic E-state index is 0.238. The van der Waals surface area contributed by atoms with E-state index in [0.717, 1.165) is 5.56 Å². The van der Waals surface area contributed by atoms with Gasteiger partial charge in [0.1, 0.15) is 5.75 Å². The predicted octanol–water partition coefficient (Wildman–Crippen LogP) is 3.50. The number of rotatable bonds is 5. The van der Waals surface area contributed by atoms with Crippen molar-refractivity contribution in [3.8, 4) is 5.75 Å². The Bertz CT molecular complexity index is 530. The van der Waals surface area contributed by atoms with Crippen molar-refractivity contribution < 1.29 is 13.9 Å². The van der Waals surface area contributed by atoms with E-state index in [1.807, 2.05) is 48.5 Å². The van der Waals surface area contributed by atoms with Crippen LogP contribution in [0.15, 0.2) is 60.7 Å². The highest BCUT2D eigenvalue weighted by atomic mass is 32.5. The molecule has 2 aromatic carbocycles. The zero-order valence-electron chi connectivity index (χ0n) is 9.60. The first kappa shape index (κ1) is 13.2. The van der Waals surface area contributed by atoms with Gasteiger partial charge in [-0.2, -0.15) is 0 Å². The summed E-state index contributed by atoms with van der Waals surface area (Å²) in [5.74, 6) is 0.511. The Morgan fingerprint density at radius 1 is 0.944 bits per heavy atom. The quantitative estimate of drug-likeness (QED) is 0.851. The van der Waals surface area contributed by atoms with E-state index in [-0.39, 0.29) is 6.61 Å². The van der Waals surface area contributed by atoms with Gasteiger partial charge in [0.2, 0.25) is 0 Å². The molecule has 0 aliphatic rings. The lowest BCUT2D eigenvalue weighted by atomic mass is 10.2. The molecular weight excluding hydrogens is 267 g/mol. The standard InChI is InChI=1S/C13H13O3PS/c14-17(18,16-13-9-5-2-6-10-13)15-11-12-7-3-1-4-8-12/h1-10H,11H2,(H,14,18). The molecule has 0 bridgehead atoms. The van der Waals surface area contributed by atoms with Crippen molar-refractivity contribution in [3.63, 3.8) is 0 Å². The van der Waals surface area contributed by atoms with Crippen LogP contribution < -0.4 is 4.52 Å². The van der Waals surface area contributed by atoms with Gasteiger partial charge in [0.05, 0.1) is 6.61 Å². The Labute approximate surface area is 111 Å². The van der Waals surface area contributed by atoms with Crippen LogP contribution in [-0.4, -0.2) is 4.89 Å². The molecule has 3 nitrogen and oxygen atoms in total. The van der Waals surface area contributed by atoms with Crippen molar-refractivity contribution in [3.05, 3.63) is 66.2 Å². The van der Waals surface area contributed by atoms with Gasteiger partial charge in [0.25, 0.3) is 0 Å². The number of para-hydroxylation sites is 1. The van der Waals surface area contributed by atoms with Crippen molar-refractivity contribution in [2.75, 3.05) is 0 Å². The summed E-state index contributed by atoms with van der Waals surface area (Å²) < 4.78 is 10.6. The molecule has 0 amide bonds. The van der Waals surface area contributed by atoms with Crippen LogP contribution in [0.1, 0.15) is 5.56 Å². The second kappa shape index (κ2) is 6.12. The van der Waals surface area contributed by atoms with Crippen LogP contribution >= 0.6 is 6.72 Å². The lowest BCUT2D eigenvalue weighted by molar-refractivity contribution is 0.248. The number of hydrogen-bond donors (Lipinski definition) is 1. The summed E-state index contributed by atoms with van der Waals surface area (Å²) in [6.45, 7) is -3.01. The minimum Gasteiger partial charge on any atom is -0.424 e. The maximum atomic E-state index is 9.91. The van der Waals surface area contributed by atoms with E-state index >= 15 is 0 Å². The normalized spacial score (nSPS) is 13.8. The molecule has 2 rings (SSSR count). The van der Waals surface area contributed by atoms with E-state index in [1.165, 1.54) is 0 Å². The molecule has 0 radical (unpaired) electrons. The Balaban J connectivity index is 1.94. The van der Waals surface area contributed by atoms with Gasteiger partial charge in [-0.15, -0.1) is 0 Å². The third-order valence-corrected chi connectivity index (χ3v) is 3.64. The highest BCUT2D eigenvalue weighted by Crippen LogP contribution is 2.44. The second-order valence-electron chi connectivity index (χ2n) is 3.63. The van der Waals surface area contributed by atoms with Crippen molar-refractivity contribution in [2.24, 2.45) is 0 Å². The summed E-state index contributed by atoms with van der Waals surface area (Å²) in [5, 5.41) is 0. The molecule has 0 saturated carbocycles. The van der Waals surface area contributed by atoms with Crippen LogP contribution in [0.4, 0.5) is 0 Å². The summed E-state index contributed by atoms with van der Waals surface area (Å²) >= 11 is 4.95. The second-order valence-corrected chi connectivity index (χ2v) is 6.39. The summed E-state index contributed by atoms with van der Waals surface area (Å²) in [4.78, 5) is 9.91. The average Bonchev–Trinajstić information content (AvgIpc) is 2.38. The lowest BCUT2D eigenvalue weighted by Crippen LogP contribution is -1.97. The van der Waals surface area contributed by atoms with Crippen LogP contribution in [0, 0.1) is 0 Å². The highest BCUT2D eigenvalue weighted by molar-refractivity contribution is 8.07. The van der Waals surface area contributed by atoms with Crippen LogP contribution in [0.3, 0.4) is 0 Å². The molecule has 5 heteroatoms. The fraction of sp³-hybridized carbons (Fsp3) is 0.0769. The molecule has 0 saturated heterocycles. The van der Waals surface area contributed by atoms with Crippen molar-refractivity contribution >= 4 is 18.5 Å². The van der Waals surface area contributed by atoms with Gasteiger partial charge >= 0.3 is 6.72 Å². The van der Waals surface area contributed by atoms with Gasteiger partial charge in [-0.1, -0.05) is 48.5 Å². The predicted molar refractivity (Wildman–Crippen MR) is 74.8 cm³/mol. The van der Waals surface area contributed by atoms with Crippen LogP contribution in [0.25, 0.3) is 0 Å². The topological polar surface area (TPSA) is 38.7 Å². The molecule has 1 N–H and O–H groups in total. The molecule has 0 aliphatic heterocycles. The Kier molecular flexibility index (Phi) is 4.50. The van der Waals surface area contributed by atoms with Gasteiger partial charge in [-0.05, 0) is 17.7 Å². The van der Waals surface area contributed by atoms with Gasteiger partial charge in [0, 0.05) is 11.8 Å². The van der Waals surface area contributed by atoms with Crippen molar-refractivity contribution in [1.29, 1.82) is 0 Å². The largest absolute Gasteiger partial charge is 0.424 e. The van der Waals surface area contributed by atoms with Crippen LogP contribution in [0.5, 0.6) is 5.75 Å². The van der Waals surface area contributed by atoms with Gasteiger partial charge in [0.15, 0.2) is 0 Å². The number of hydrogen-bond acceptors (Lipinski definition) is 3. The van der Waals surface area contributed by atoms with E-state index in [0.29, 0.717) is 5.75 Å². The van der Waals surface area contributed by atoms with Gasteiger partial charge in [-0.25, -0.2) is 0 Å². The molecular formula is C13H13O3PS. The SMILES string of the molecule is OP(=S)(OCc1ccccc1)Oc1ccccc1. The van der Waals surface area contributed by atoms with Crippen molar-refractivity contribution in [1.82, 2.24) is 0 Å². The first-order valence-electron chi connectivity index (χ1n) is 5.42. The van der Waals surface area contributed by atoms with E-state index in [2.05, 4.69) is 0 Å². The number of benzene rings is 2. The van der Waals surface area contributed by atoms with Gasteiger partial charge in [-0.3, -0.25) is 4.52 Å². The first-order chi connectivity index (χ1) is 8.66. The molecule has 0 heterocycles. The van der Waals surface area contributed by atoms with E-state index in [9.17, 15) is 4.89 Å². The van der Waals surface area contributed by atoms with Crippen LogP contribution in [-0.2, 0) is 22.9 Å². The molecule has 1 unspecified atom stereocenters. The summed E-state index contributed by atoms with van der Waals surface area (Å²) in [6.07, 6.45) is 0. The monoisotopic (exact) mass is 280 g/mol. The minimum atomic E-state index is -3.25. The molecule has 18 heavy (non-hydrogen) atoms. The summed E-state index contributed by atoms with van der Waals surface area (Å²) in [5.41, 5.74) is 0.942. The molecule has 0 spiro atoms. The molecule has 0 aromatic heterocycles. The fourth-order valence-electron chi connectivity index (χ4n) is 1.37. The Morgan fingerprint density at radius 2 is 1.50 bits per heavy atom. The molecule has 0 fully saturated rings. The fourth-order valence-corrected chi connectivity index (χ4v) is 2.54. The van der Waals surface area contributed by atoms with Crippen molar-refractivity contribution in [2.45, 2.75) is 6.61 Å². The van der Waals surface area contributed by atoms with E-state index in [1.54, 1.807) is 12.1 Å². The molecule has 0 aliphatic carbocycles.